The van der Waals surface area contributed by atoms with E-state index < -0.39 is 16.5 Å². The highest BCUT2D eigenvalue weighted by Gasteiger charge is 2.25. The lowest BCUT2D eigenvalue weighted by Crippen LogP contribution is -2.24. The average Bonchev–Trinajstić information content (AvgIpc) is 2.74. The first kappa shape index (κ1) is 22.4. The van der Waals surface area contributed by atoms with Crippen LogP contribution in [0.15, 0.2) is 36.4 Å². The number of rotatable bonds is 9. The molecule has 11 nitrogen and oxygen atoms in total. The maximum Gasteiger partial charge on any atom is 0.318 e. The van der Waals surface area contributed by atoms with E-state index in [0.29, 0.717) is 11.4 Å². The Morgan fingerprint density at radius 3 is 2.17 bits per heavy atom. The molecule has 0 atom stereocenters. The second kappa shape index (κ2) is 10.6. The van der Waals surface area contributed by atoms with E-state index in [2.05, 4.69) is 16.0 Å². The highest BCUT2D eigenvalue weighted by atomic mass is 16.6. The first-order valence-corrected chi connectivity index (χ1v) is 8.78. The van der Waals surface area contributed by atoms with Gasteiger partial charge in [-0.25, -0.2) is 4.79 Å². The summed E-state index contributed by atoms with van der Waals surface area (Å²) >= 11 is 0. The first-order valence-electron chi connectivity index (χ1n) is 8.78. The van der Waals surface area contributed by atoms with Gasteiger partial charge in [-0.15, -0.1) is 0 Å². The molecule has 0 aliphatic carbocycles. The molecule has 0 aromatic heterocycles. The van der Waals surface area contributed by atoms with Gasteiger partial charge >= 0.3 is 6.03 Å². The van der Waals surface area contributed by atoms with Gasteiger partial charge in [-0.1, -0.05) is 0 Å². The molecule has 0 spiro atoms. The zero-order chi connectivity index (χ0) is 22.1. The quantitative estimate of drug-likeness (QED) is 0.323. The molecule has 3 amide bonds. The molecule has 0 heterocycles. The number of nitrogens with one attached hydrogen (secondary N) is 3. The number of benzene rings is 2. The van der Waals surface area contributed by atoms with Crippen LogP contribution in [0.3, 0.4) is 0 Å². The minimum absolute atomic E-state index is 0.127. The number of methoxy groups -OCH3 is 2. The lowest BCUT2D eigenvalue weighted by molar-refractivity contribution is -0.385. The topological polar surface area (TPSA) is 141 Å². The van der Waals surface area contributed by atoms with Gasteiger partial charge in [0, 0.05) is 31.6 Å². The molecule has 30 heavy (non-hydrogen) atoms. The van der Waals surface area contributed by atoms with E-state index in [1.807, 2.05) is 0 Å². The van der Waals surface area contributed by atoms with Gasteiger partial charge in [0.25, 0.3) is 11.6 Å². The monoisotopic (exact) mass is 418 g/mol. The summed E-state index contributed by atoms with van der Waals surface area (Å²) < 4.78 is 15.5. The summed E-state index contributed by atoms with van der Waals surface area (Å²) in [6.45, 7) is 0.440. The third kappa shape index (κ3) is 5.82. The van der Waals surface area contributed by atoms with E-state index in [0.717, 1.165) is 6.07 Å². The van der Waals surface area contributed by atoms with Crippen molar-refractivity contribution in [3.05, 3.63) is 52.1 Å². The minimum Gasteiger partial charge on any atom is -0.493 e. The standard InChI is InChI=1S/C19H22N4O7/c1-20-19(25)22-13-6-4-12(5-7-13)21-18(24)14-10-16(29-3)17(30-9-8-28-2)11-15(14)23(26)27/h4-7,10-11H,8-9H2,1-3H3,(H,21,24)(H2,20,22,25). The maximum absolute atomic E-state index is 12.7. The second-order valence-corrected chi connectivity index (χ2v) is 5.85. The van der Waals surface area contributed by atoms with Crippen LogP contribution in [-0.2, 0) is 4.74 Å². The van der Waals surface area contributed by atoms with Crippen molar-refractivity contribution in [2.75, 3.05) is 45.1 Å². The molecule has 2 aromatic carbocycles. The maximum atomic E-state index is 12.7. The van der Waals surface area contributed by atoms with Gasteiger partial charge in [0.2, 0.25) is 0 Å². The van der Waals surface area contributed by atoms with E-state index in [1.165, 1.54) is 27.3 Å². The number of ether oxygens (including phenoxy) is 3. The van der Waals surface area contributed by atoms with Gasteiger partial charge in [-0.3, -0.25) is 14.9 Å². The van der Waals surface area contributed by atoms with E-state index in [9.17, 15) is 19.7 Å². The van der Waals surface area contributed by atoms with E-state index in [-0.39, 0.29) is 36.3 Å². The molecule has 160 valence electrons. The summed E-state index contributed by atoms with van der Waals surface area (Å²) in [5, 5.41) is 19.1. The van der Waals surface area contributed by atoms with Gasteiger partial charge < -0.3 is 30.2 Å². The van der Waals surface area contributed by atoms with Crippen LogP contribution in [0.5, 0.6) is 11.5 Å². The summed E-state index contributed by atoms with van der Waals surface area (Å²) in [5.41, 5.74) is 0.274. The fourth-order valence-electron chi connectivity index (χ4n) is 2.42. The summed E-state index contributed by atoms with van der Waals surface area (Å²) in [6, 6.07) is 8.25. The number of hydrogen-bond acceptors (Lipinski definition) is 7. The van der Waals surface area contributed by atoms with Crippen LogP contribution < -0.4 is 25.4 Å². The summed E-state index contributed by atoms with van der Waals surface area (Å²) in [7, 11) is 4.35. The normalized spacial score (nSPS) is 10.1. The number of hydrogen-bond donors (Lipinski definition) is 3. The molecule has 2 aromatic rings. The van der Waals surface area contributed by atoms with E-state index >= 15 is 0 Å². The Labute approximate surface area is 172 Å². The first-order chi connectivity index (χ1) is 14.4. The molecule has 0 unspecified atom stereocenters. The predicted octanol–water partition coefficient (Wildman–Crippen LogP) is 2.63. The molecular weight excluding hydrogens is 396 g/mol. The van der Waals surface area contributed by atoms with Crippen LogP contribution in [-0.4, -0.2) is 51.3 Å². The second-order valence-electron chi connectivity index (χ2n) is 5.85. The molecule has 0 saturated carbocycles. The molecule has 0 aliphatic heterocycles. The number of nitrogens with zero attached hydrogens (tertiary/aromatic N) is 1. The zero-order valence-corrected chi connectivity index (χ0v) is 16.7. The number of amides is 3. The van der Waals surface area contributed by atoms with Crippen LogP contribution >= 0.6 is 0 Å². The number of urea groups is 1. The Kier molecular flexibility index (Phi) is 7.94. The van der Waals surface area contributed by atoms with Gasteiger partial charge in [0.05, 0.1) is 24.7 Å². The van der Waals surface area contributed by atoms with Crippen LogP contribution in [0.1, 0.15) is 10.4 Å². The zero-order valence-electron chi connectivity index (χ0n) is 16.7. The number of nitro benzene ring substituents is 1. The van der Waals surface area contributed by atoms with Gasteiger partial charge in [-0.2, -0.15) is 0 Å². The SMILES string of the molecule is CNC(=O)Nc1ccc(NC(=O)c2cc(OC)c(OCCOC)cc2[N+](=O)[O-])cc1. The van der Waals surface area contributed by atoms with Crippen LogP contribution in [0, 0.1) is 10.1 Å². The van der Waals surface area contributed by atoms with E-state index in [4.69, 9.17) is 14.2 Å². The highest BCUT2D eigenvalue weighted by Crippen LogP contribution is 2.35. The Morgan fingerprint density at radius 1 is 1.00 bits per heavy atom. The van der Waals surface area contributed by atoms with Crippen molar-refractivity contribution in [1.82, 2.24) is 5.32 Å². The Bertz CT molecular complexity index is 916. The molecule has 3 N–H and O–H groups in total. The summed E-state index contributed by atoms with van der Waals surface area (Å²) in [6.07, 6.45) is 0. The molecule has 0 saturated heterocycles. The minimum atomic E-state index is -0.699. The Hall–Kier alpha value is -3.86. The fourth-order valence-corrected chi connectivity index (χ4v) is 2.42. The Balaban J connectivity index is 2.25. The Morgan fingerprint density at radius 2 is 1.63 bits per heavy atom. The fraction of sp³-hybridized carbons (Fsp3) is 0.263. The molecule has 2 rings (SSSR count). The lowest BCUT2D eigenvalue weighted by atomic mass is 10.1. The van der Waals surface area contributed by atoms with Crippen molar-refractivity contribution < 1.29 is 28.7 Å². The van der Waals surface area contributed by atoms with Crippen LogP contribution in [0.25, 0.3) is 0 Å². The van der Waals surface area contributed by atoms with Crippen molar-refractivity contribution in [3.63, 3.8) is 0 Å². The van der Waals surface area contributed by atoms with Crippen molar-refractivity contribution in [2.45, 2.75) is 0 Å². The predicted molar refractivity (Wildman–Crippen MR) is 109 cm³/mol. The molecule has 11 heteroatoms. The smallest absolute Gasteiger partial charge is 0.318 e. The largest absolute Gasteiger partial charge is 0.493 e. The lowest BCUT2D eigenvalue weighted by Gasteiger charge is -2.13. The number of anilines is 2. The molecular formula is C19H22N4O7. The van der Waals surface area contributed by atoms with Gasteiger partial charge in [-0.05, 0) is 24.3 Å². The van der Waals surface area contributed by atoms with Gasteiger partial charge in [0.15, 0.2) is 11.5 Å². The van der Waals surface area contributed by atoms with Crippen molar-refractivity contribution in [3.8, 4) is 11.5 Å². The average molecular weight is 418 g/mol. The van der Waals surface area contributed by atoms with E-state index in [1.54, 1.807) is 24.3 Å². The van der Waals surface area contributed by atoms with Crippen molar-refractivity contribution >= 4 is 29.0 Å². The third-order valence-corrected chi connectivity index (χ3v) is 3.90. The van der Waals surface area contributed by atoms with Crippen molar-refractivity contribution in [2.24, 2.45) is 0 Å². The molecule has 0 radical (unpaired) electrons. The molecule has 0 fully saturated rings. The van der Waals surface area contributed by atoms with Crippen molar-refractivity contribution in [1.29, 1.82) is 0 Å². The van der Waals surface area contributed by atoms with Gasteiger partial charge in [0.1, 0.15) is 12.2 Å². The number of nitro groups is 1. The third-order valence-electron chi connectivity index (χ3n) is 3.90. The van der Waals surface area contributed by atoms with Crippen LogP contribution in [0.4, 0.5) is 21.9 Å². The number of carbonyl (C=O) groups is 2. The molecule has 0 bridgehead atoms. The highest BCUT2D eigenvalue weighted by molar-refractivity contribution is 6.07. The number of carbonyl (C=O) groups excluding carboxylic acids is 2. The summed E-state index contributed by atoms with van der Waals surface area (Å²) in [4.78, 5) is 34.8. The molecule has 0 aliphatic rings. The van der Waals surface area contributed by atoms with Crippen LogP contribution in [0.2, 0.25) is 0 Å². The summed E-state index contributed by atoms with van der Waals surface area (Å²) in [5.74, 6) is -0.398.